The predicted molar refractivity (Wildman–Crippen MR) is 85.4 cm³/mol. The van der Waals surface area contributed by atoms with Crippen molar-refractivity contribution in [3.63, 3.8) is 0 Å². The van der Waals surface area contributed by atoms with Crippen LogP contribution in [0.2, 0.25) is 0 Å². The van der Waals surface area contributed by atoms with Crippen molar-refractivity contribution in [2.45, 2.75) is 38.4 Å². The average Bonchev–Trinajstić information content (AvgIpc) is 2.77. The van der Waals surface area contributed by atoms with Crippen LogP contribution in [0, 0.1) is 0 Å². The van der Waals surface area contributed by atoms with E-state index in [9.17, 15) is 0 Å². The summed E-state index contributed by atoms with van der Waals surface area (Å²) in [4.78, 5) is 12.4. The van der Waals surface area contributed by atoms with Crippen molar-refractivity contribution in [2.24, 2.45) is 0 Å². The van der Waals surface area contributed by atoms with Crippen LogP contribution in [0.3, 0.4) is 0 Å². The zero-order chi connectivity index (χ0) is 14.1. The minimum atomic E-state index is 0.700. The van der Waals surface area contributed by atoms with E-state index in [0.717, 1.165) is 23.9 Å². The van der Waals surface area contributed by atoms with Crippen molar-refractivity contribution in [2.75, 3.05) is 24.6 Å². The number of aromatic amines is 1. The van der Waals surface area contributed by atoms with Crippen LogP contribution in [0.5, 0.6) is 0 Å². The van der Waals surface area contributed by atoms with E-state index in [4.69, 9.17) is 5.73 Å². The lowest BCUT2D eigenvalue weighted by Gasteiger charge is -2.23. The molecule has 0 fully saturated rings. The number of hydrogen-bond donors (Lipinski definition) is 2. The van der Waals surface area contributed by atoms with Gasteiger partial charge in [-0.25, -0.2) is 4.98 Å². The van der Waals surface area contributed by atoms with Gasteiger partial charge in [0.05, 0.1) is 18.0 Å². The molecular weight excluding hydrogens is 288 g/mol. The number of thiophene rings is 1. The normalized spacial score (nSPS) is 18.4. The summed E-state index contributed by atoms with van der Waals surface area (Å²) in [6, 6.07) is 0. The molecule has 4 nitrogen and oxygen atoms in total. The van der Waals surface area contributed by atoms with Gasteiger partial charge in [-0.2, -0.15) is 0 Å². The maximum Gasteiger partial charge on any atom is 0.360 e. The van der Waals surface area contributed by atoms with E-state index in [1.807, 2.05) is 11.3 Å². The Morgan fingerprint density at radius 2 is 2.30 bits per heavy atom. The molecule has 1 atom stereocenters. The van der Waals surface area contributed by atoms with Gasteiger partial charge in [-0.15, -0.1) is 0 Å². The summed E-state index contributed by atoms with van der Waals surface area (Å²) in [6.07, 6.45) is 2.38. The Hall–Kier alpha value is -0.850. The molecule has 0 bridgehead atoms. The van der Waals surface area contributed by atoms with Gasteiger partial charge in [-0.3, -0.25) is 0 Å². The number of hydrogen-bond acceptors (Lipinski definition) is 4. The lowest BCUT2D eigenvalue weighted by Crippen LogP contribution is -3.11. The van der Waals surface area contributed by atoms with E-state index < -0.39 is 0 Å². The van der Waals surface area contributed by atoms with Crippen LogP contribution in [0.1, 0.15) is 30.7 Å². The lowest BCUT2D eigenvalue weighted by atomic mass is 10.1. The number of H-pyrrole nitrogens is 1. The Labute approximate surface area is 127 Å². The van der Waals surface area contributed by atoms with E-state index in [-0.39, 0.29) is 0 Å². The average molecular weight is 310 g/mol. The molecule has 0 aromatic carbocycles. The molecule has 0 saturated carbocycles. The molecule has 2 aromatic heterocycles. The molecule has 4 N–H and O–H groups in total. The van der Waals surface area contributed by atoms with Gasteiger partial charge in [-0.05, 0) is 28.7 Å². The number of anilines is 1. The van der Waals surface area contributed by atoms with E-state index in [2.05, 4.69) is 23.8 Å². The fourth-order valence-electron chi connectivity index (χ4n) is 2.96. The molecule has 0 radical (unpaired) electrons. The third kappa shape index (κ3) is 2.52. The summed E-state index contributed by atoms with van der Waals surface area (Å²) in [7, 11) is 0. The number of nitrogens with two attached hydrogens (primary N) is 1. The molecule has 108 valence electrons. The van der Waals surface area contributed by atoms with Gasteiger partial charge in [0, 0.05) is 12.2 Å². The van der Waals surface area contributed by atoms with Crippen molar-refractivity contribution < 1.29 is 9.88 Å². The molecule has 2 aromatic rings. The van der Waals surface area contributed by atoms with Gasteiger partial charge < -0.3 is 10.6 Å². The van der Waals surface area contributed by atoms with Crippen LogP contribution < -0.4 is 15.6 Å². The SMILES string of the molecule is CCC[NH+]1CCc2c(sc3[nH+]c(SCC)nc(N)c23)C1. The van der Waals surface area contributed by atoms with E-state index in [1.165, 1.54) is 40.2 Å². The van der Waals surface area contributed by atoms with Gasteiger partial charge in [-0.1, -0.05) is 25.2 Å². The fraction of sp³-hybridized carbons (Fsp3) is 0.571. The molecule has 20 heavy (non-hydrogen) atoms. The maximum atomic E-state index is 6.20. The number of aromatic nitrogens is 2. The second kappa shape index (κ2) is 5.87. The molecule has 3 rings (SSSR count). The zero-order valence-electron chi connectivity index (χ0n) is 12.1. The summed E-state index contributed by atoms with van der Waals surface area (Å²) in [6.45, 7) is 8.02. The van der Waals surface area contributed by atoms with Crippen LogP contribution in [-0.4, -0.2) is 23.8 Å². The molecule has 1 aliphatic heterocycles. The quantitative estimate of drug-likeness (QED) is 0.658. The van der Waals surface area contributed by atoms with E-state index >= 15 is 0 Å². The number of nitrogens with zero attached hydrogens (tertiary/aromatic N) is 1. The monoisotopic (exact) mass is 310 g/mol. The second-order valence-electron chi connectivity index (χ2n) is 5.24. The smallest absolute Gasteiger partial charge is 0.360 e. The summed E-state index contributed by atoms with van der Waals surface area (Å²) >= 11 is 3.59. The third-order valence-electron chi connectivity index (χ3n) is 3.81. The first-order valence-electron chi connectivity index (χ1n) is 7.32. The minimum absolute atomic E-state index is 0.700. The highest BCUT2D eigenvalue weighted by Crippen LogP contribution is 2.33. The van der Waals surface area contributed by atoms with Crippen LogP contribution >= 0.6 is 23.1 Å². The Morgan fingerprint density at radius 1 is 1.45 bits per heavy atom. The second-order valence-corrected chi connectivity index (χ2v) is 7.60. The minimum Gasteiger partial charge on any atom is -0.362 e. The van der Waals surface area contributed by atoms with E-state index in [1.54, 1.807) is 16.7 Å². The molecule has 0 aliphatic carbocycles. The highest BCUT2D eigenvalue weighted by Gasteiger charge is 2.28. The number of nitrogen functional groups attached to an aromatic ring is 1. The number of nitrogens with one attached hydrogen (secondary N) is 2. The van der Waals surface area contributed by atoms with Gasteiger partial charge >= 0.3 is 5.16 Å². The first-order chi connectivity index (χ1) is 9.72. The first kappa shape index (κ1) is 14.1. The van der Waals surface area contributed by atoms with Gasteiger partial charge in [0.25, 0.3) is 5.82 Å². The molecule has 0 saturated heterocycles. The molecule has 3 heterocycles. The summed E-state index contributed by atoms with van der Waals surface area (Å²) in [5.41, 5.74) is 7.65. The van der Waals surface area contributed by atoms with Crippen molar-refractivity contribution in [3.05, 3.63) is 10.4 Å². The topological polar surface area (TPSA) is 57.5 Å². The predicted octanol–water partition coefficient (Wildman–Crippen LogP) is 1.16. The van der Waals surface area contributed by atoms with Crippen LogP contribution in [0.4, 0.5) is 5.82 Å². The Kier molecular flexibility index (Phi) is 4.14. The van der Waals surface area contributed by atoms with Crippen molar-refractivity contribution >= 4 is 39.1 Å². The van der Waals surface area contributed by atoms with Crippen LogP contribution in [0.15, 0.2) is 5.16 Å². The van der Waals surface area contributed by atoms with Crippen LogP contribution in [0.25, 0.3) is 10.2 Å². The molecule has 0 amide bonds. The zero-order valence-corrected chi connectivity index (χ0v) is 13.7. The number of rotatable bonds is 4. The van der Waals surface area contributed by atoms with Crippen molar-refractivity contribution in [1.82, 2.24) is 4.98 Å². The maximum absolute atomic E-state index is 6.20. The lowest BCUT2D eigenvalue weighted by molar-refractivity contribution is -0.915. The van der Waals surface area contributed by atoms with Crippen molar-refractivity contribution in [3.8, 4) is 0 Å². The third-order valence-corrected chi connectivity index (χ3v) is 5.72. The number of thioether (sulfide) groups is 1. The summed E-state index contributed by atoms with van der Waals surface area (Å²) in [5, 5.41) is 2.12. The fourth-order valence-corrected chi connectivity index (χ4v) is 4.96. The Morgan fingerprint density at radius 3 is 3.05 bits per heavy atom. The molecule has 0 spiro atoms. The standard InChI is InChI=1S/C14H20N4S2/c1-3-6-18-7-5-9-10(8-18)20-13-11(9)12(15)16-14(17-13)19-4-2/h3-8H2,1-2H3,(H2,15,16,17)/p+2. The van der Waals surface area contributed by atoms with E-state index in [0.29, 0.717) is 5.82 Å². The van der Waals surface area contributed by atoms with Gasteiger partial charge in [0.15, 0.2) is 4.83 Å². The molecule has 6 heteroatoms. The number of fused-ring (bicyclic) bond motifs is 3. The summed E-state index contributed by atoms with van der Waals surface area (Å²) < 4.78 is 0. The Bertz CT molecular complexity index is 623. The molecular formula is C14H22N4S2+2. The summed E-state index contributed by atoms with van der Waals surface area (Å²) in [5.74, 6) is 1.71. The molecule has 1 aliphatic rings. The highest BCUT2D eigenvalue weighted by atomic mass is 32.2. The largest absolute Gasteiger partial charge is 0.362 e. The van der Waals surface area contributed by atoms with Crippen LogP contribution in [-0.2, 0) is 13.0 Å². The van der Waals surface area contributed by atoms with Gasteiger partial charge in [0.2, 0.25) is 0 Å². The highest BCUT2D eigenvalue weighted by molar-refractivity contribution is 7.99. The first-order valence-corrected chi connectivity index (χ1v) is 9.12. The molecule has 1 unspecified atom stereocenters. The Balaban J connectivity index is 2.01. The van der Waals surface area contributed by atoms with Crippen molar-refractivity contribution in [1.29, 1.82) is 0 Å². The van der Waals surface area contributed by atoms with Gasteiger partial charge in [0.1, 0.15) is 11.9 Å². The number of quaternary nitrogens is 1.